The molecule has 1 aromatic heterocycles. The Hall–Kier alpha value is -1.15. The number of esters is 1. The Bertz CT molecular complexity index is 604. The Morgan fingerprint density at radius 1 is 1.45 bits per heavy atom. The van der Waals surface area contributed by atoms with Crippen molar-refractivity contribution < 1.29 is 26.7 Å². The van der Waals surface area contributed by atoms with Crippen LogP contribution in [-0.2, 0) is 20.3 Å². The van der Waals surface area contributed by atoms with Crippen molar-refractivity contribution in [1.29, 1.82) is 0 Å². The Morgan fingerprint density at radius 2 is 2.00 bits per heavy atom. The Morgan fingerprint density at radius 3 is 2.40 bits per heavy atom. The van der Waals surface area contributed by atoms with Gasteiger partial charge in [-0.1, -0.05) is 0 Å². The van der Waals surface area contributed by atoms with Crippen LogP contribution < -0.4 is 0 Å². The summed E-state index contributed by atoms with van der Waals surface area (Å²) in [5, 5.41) is 0. The van der Waals surface area contributed by atoms with Gasteiger partial charge in [0.1, 0.15) is 16.2 Å². The maximum Gasteiger partial charge on any atom is 0.355 e. The molecule has 0 aliphatic carbocycles. The molecular weight excluding hydrogens is 316 g/mol. The van der Waals surface area contributed by atoms with Crippen LogP contribution in [0.4, 0.5) is 8.78 Å². The molecule has 5 nitrogen and oxygen atoms in total. The lowest BCUT2D eigenvalue weighted by atomic mass is 10.2. The largest absolute Gasteiger partial charge is 0.455 e. The average molecular weight is 330 g/mol. The van der Waals surface area contributed by atoms with Crippen LogP contribution in [0.1, 0.15) is 31.3 Å². The van der Waals surface area contributed by atoms with Crippen LogP contribution in [0.15, 0.2) is 17.2 Å². The highest BCUT2D eigenvalue weighted by Gasteiger charge is 2.25. The average Bonchev–Trinajstić information content (AvgIpc) is 2.57. The van der Waals surface area contributed by atoms with Crippen molar-refractivity contribution in [1.82, 2.24) is 4.57 Å². The molecule has 0 aromatic carbocycles. The zero-order chi connectivity index (χ0) is 15.7. The van der Waals surface area contributed by atoms with Crippen molar-refractivity contribution in [3.05, 3.63) is 18.0 Å². The number of alkyl halides is 2. The summed E-state index contributed by atoms with van der Waals surface area (Å²) in [4.78, 5) is 11.4. The summed E-state index contributed by atoms with van der Waals surface area (Å²) in [6.45, 7) is 3.97. The number of ether oxygens (including phenoxy) is 1. The Kier molecular flexibility index (Phi) is 4.81. The van der Waals surface area contributed by atoms with Crippen LogP contribution in [-0.4, -0.2) is 31.0 Å². The first-order chi connectivity index (χ1) is 8.90. The van der Waals surface area contributed by atoms with Crippen LogP contribution in [0.25, 0.3) is 0 Å². The molecule has 0 aliphatic heterocycles. The summed E-state index contributed by atoms with van der Waals surface area (Å²) < 4.78 is 53.2. The molecule has 0 radical (unpaired) electrons. The fraction of sp³-hybridized carbons (Fsp3) is 0.545. The zero-order valence-electron chi connectivity index (χ0n) is 11.1. The van der Waals surface area contributed by atoms with Gasteiger partial charge in [-0.2, -0.15) is 0 Å². The summed E-state index contributed by atoms with van der Waals surface area (Å²) in [5.41, 5.74) is -1.13. The minimum atomic E-state index is -4.12. The van der Waals surface area contributed by atoms with Crippen LogP contribution in [0, 0.1) is 0 Å². The van der Waals surface area contributed by atoms with Gasteiger partial charge in [0.2, 0.25) is 0 Å². The van der Waals surface area contributed by atoms with E-state index in [2.05, 4.69) is 0 Å². The lowest BCUT2D eigenvalue weighted by molar-refractivity contribution is 0.00540. The number of rotatable bonds is 4. The van der Waals surface area contributed by atoms with E-state index in [4.69, 9.17) is 15.4 Å². The van der Waals surface area contributed by atoms with Crippen molar-refractivity contribution in [2.45, 2.75) is 44.2 Å². The van der Waals surface area contributed by atoms with Gasteiger partial charge < -0.3 is 9.30 Å². The maximum absolute atomic E-state index is 12.5. The molecular formula is C11H14ClF2NO4S. The van der Waals surface area contributed by atoms with Crippen molar-refractivity contribution in [3.63, 3.8) is 0 Å². The number of hydrogen-bond donors (Lipinski definition) is 0. The summed E-state index contributed by atoms with van der Waals surface area (Å²) >= 11 is 0. The van der Waals surface area contributed by atoms with E-state index in [-0.39, 0.29) is 5.69 Å². The van der Waals surface area contributed by atoms with Gasteiger partial charge >= 0.3 is 5.97 Å². The van der Waals surface area contributed by atoms with Gasteiger partial charge in [0, 0.05) is 16.9 Å². The third-order valence-corrected chi connectivity index (χ3v) is 3.42. The fourth-order valence-corrected chi connectivity index (χ4v) is 2.18. The van der Waals surface area contributed by atoms with Gasteiger partial charge in [-0.25, -0.2) is 22.0 Å². The highest BCUT2D eigenvalue weighted by Crippen LogP contribution is 2.21. The number of aromatic nitrogens is 1. The molecule has 0 amide bonds. The van der Waals surface area contributed by atoms with E-state index < -0.39 is 38.5 Å². The molecule has 0 unspecified atom stereocenters. The number of carbonyl (C=O) groups is 1. The van der Waals surface area contributed by atoms with Crippen molar-refractivity contribution in [2.75, 3.05) is 0 Å². The lowest BCUT2D eigenvalue weighted by Gasteiger charge is -2.20. The molecule has 20 heavy (non-hydrogen) atoms. The normalized spacial score (nSPS) is 12.8. The van der Waals surface area contributed by atoms with Gasteiger partial charge in [0.25, 0.3) is 15.5 Å². The maximum atomic E-state index is 12.5. The quantitative estimate of drug-likeness (QED) is 0.629. The first-order valence-electron chi connectivity index (χ1n) is 5.56. The number of nitrogens with zero attached hydrogens (tertiary/aromatic N) is 1. The predicted octanol–water partition coefficient (Wildman–Crippen LogP) is 2.64. The first-order valence-corrected chi connectivity index (χ1v) is 7.87. The minimum absolute atomic E-state index is 0.292. The first kappa shape index (κ1) is 16.9. The topological polar surface area (TPSA) is 65.4 Å². The molecule has 114 valence electrons. The van der Waals surface area contributed by atoms with Crippen molar-refractivity contribution in [3.8, 4) is 0 Å². The van der Waals surface area contributed by atoms with E-state index in [9.17, 15) is 22.0 Å². The van der Waals surface area contributed by atoms with Crippen molar-refractivity contribution >= 4 is 25.7 Å². The third kappa shape index (κ3) is 4.75. The predicted molar refractivity (Wildman–Crippen MR) is 68.6 cm³/mol. The summed E-state index contributed by atoms with van der Waals surface area (Å²) in [7, 11) is 1.02. The van der Waals surface area contributed by atoms with Gasteiger partial charge in [-0.05, 0) is 26.8 Å². The molecule has 0 spiro atoms. The summed E-state index contributed by atoms with van der Waals surface area (Å²) in [6, 6.07) is 0.915. The lowest BCUT2D eigenvalue weighted by Crippen LogP contribution is -2.25. The van der Waals surface area contributed by atoms with Gasteiger partial charge in [0.15, 0.2) is 0 Å². The van der Waals surface area contributed by atoms with Crippen LogP contribution in [0.5, 0.6) is 0 Å². The third-order valence-electron chi connectivity index (χ3n) is 2.10. The molecule has 0 bridgehead atoms. The van der Waals surface area contributed by atoms with Gasteiger partial charge in [-0.3, -0.25) is 0 Å². The molecule has 0 saturated carbocycles. The van der Waals surface area contributed by atoms with Crippen LogP contribution >= 0.6 is 10.7 Å². The highest BCUT2D eigenvalue weighted by molar-refractivity contribution is 8.13. The van der Waals surface area contributed by atoms with E-state index in [1.165, 1.54) is 0 Å². The van der Waals surface area contributed by atoms with E-state index in [1.54, 1.807) is 20.8 Å². The minimum Gasteiger partial charge on any atom is -0.455 e. The van der Waals surface area contributed by atoms with Gasteiger partial charge in [0.05, 0.1) is 6.54 Å². The zero-order valence-corrected chi connectivity index (χ0v) is 12.6. The Balaban J connectivity index is 3.22. The monoisotopic (exact) mass is 329 g/mol. The second kappa shape index (κ2) is 5.69. The van der Waals surface area contributed by atoms with Crippen LogP contribution in [0.3, 0.4) is 0 Å². The number of halogens is 3. The van der Waals surface area contributed by atoms with E-state index in [0.717, 1.165) is 16.8 Å². The summed E-state index contributed by atoms with van der Waals surface area (Å²) in [5.74, 6) is -0.898. The second-order valence-corrected chi connectivity index (χ2v) is 7.61. The summed E-state index contributed by atoms with van der Waals surface area (Å²) in [6.07, 6.45) is -1.87. The Labute approximate surface area is 119 Å². The van der Waals surface area contributed by atoms with E-state index in [1.807, 2.05) is 0 Å². The second-order valence-electron chi connectivity index (χ2n) is 5.04. The molecule has 0 aliphatic rings. The highest BCUT2D eigenvalue weighted by atomic mass is 35.7. The molecule has 1 aromatic rings. The van der Waals surface area contributed by atoms with Gasteiger partial charge in [-0.15, -0.1) is 0 Å². The van der Waals surface area contributed by atoms with Crippen molar-refractivity contribution in [2.24, 2.45) is 0 Å². The van der Waals surface area contributed by atoms with Crippen LogP contribution in [0.2, 0.25) is 0 Å². The molecule has 0 fully saturated rings. The molecule has 9 heteroatoms. The smallest absolute Gasteiger partial charge is 0.355 e. The molecule has 0 atom stereocenters. The molecule has 1 heterocycles. The molecule has 0 saturated heterocycles. The molecule has 1 rings (SSSR count). The van der Waals surface area contributed by atoms with E-state index in [0.29, 0.717) is 0 Å². The SMILES string of the molecule is CC(C)(C)OC(=O)c1cc(S(=O)(=O)Cl)cn1CC(F)F. The fourth-order valence-electron chi connectivity index (χ4n) is 1.42. The van der Waals surface area contributed by atoms with E-state index >= 15 is 0 Å². The number of hydrogen-bond acceptors (Lipinski definition) is 4. The standard InChI is InChI=1S/C11H14ClF2NO4S/c1-11(2,3)19-10(16)8-4-7(20(12,17)18)5-15(8)6-9(13)14/h4-5,9H,6H2,1-3H3. The number of carbonyl (C=O) groups excluding carboxylic acids is 1. The molecule has 0 N–H and O–H groups in total.